The van der Waals surface area contributed by atoms with Crippen molar-refractivity contribution in [1.82, 2.24) is 20.4 Å². The summed E-state index contributed by atoms with van der Waals surface area (Å²) >= 11 is 0. The number of carbonyl (C=O) groups excluding carboxylic acids is 2. The molecule has 26 heavy (non-hydrogen) atoms. The first-order chi connectivity index (χ1) is 12.5. The average Bonchev–Trinajstić information content (AvgIpc) is 3.19. The van der Waals surface area contributed by atoms with E-state index < -0.39 is 23.3 Å². The zero-order valence-corrected chi connectivity index (χ0v) is 14.8. The number of hydrogen-bond acceptors (Lipinski definition) is 5. The lowest BCUT2D eigenvalue weighted by atomic mass is 9.87. The molecule has 1 atom stereocenters. The summed E-state index contributed by atoms with van der Waals surface area (Å²) in [6.07, 6.45) is 2.97. The van der Waals surface area contributed by atoms with Crippen molar-refractivity contribution in [2.45, 2.75) is 51.6 Å². The molecule has 1 fully saturated rings. The molecule has 1 N–H and O–H groups in total. The highest BCUT2D eigenvalue weighted by Gasteiger charge is 2.51. The number of rotatable bonds is 7. The highest BCUT2D eigenvalue weighted by molar-refractivity contribution is 6.07. The number of halogens is 1. The molecule has 0 bridgehead atoms. The number of hydrogen-bond donors (Lipinski definition) is 1. The van der Waals surface area contributed by atoms with Gasteiger partial charge in [-0.3, -0.25) is 9.69 Å². The molecule has 0 aliphatic carbocycles. The zero-order chi connectivity index (χ0) is 18.7. The molecular formula is C18H21FN4O3. The number of nitrogens with zero attached hydrogens (tertiary/aromatic N) is 3. The Balaban J connectivity index is 1.81. The van der Waals surface area contributed by atoms with Gasteiger partial charge < -0.3 is 9.84 Å². The van der Waals surface area contributed by atoms with Gasteiger partial charge in [0.2, 0.25) is 5.89 Å². The van der Waals surface area contributed by atoms with Gasteiger partial charge in [0.05, 0.1) is 0 Å². The van der Waals surface area contributed by atoms with Crippen LogP contribution >= 0.6 is 0 Å². The summed E-state index contributed by atoms with van der Waals surface area (Å²) < 4.78 is 18.4. The molecule has 3 rings (SSSR count). The molecular weight excluding hydrogens is 339 g/mol. The van der Waals surface area contributed by atoms with Crippen LogP contribution in [-0.4, -0.2) is 27.0 Å². The Morgan fingerprint density at radius 3 is 2.62 bits per heavy atom. The fraction of sp³-hybridized carbons (Fsp3) is 0.444. The van der Waals surface area contributed by atoms with E-state index in [0.717, 1.165) is 17.7 Å². The maximum absolute atomic E-state index is 13.2. The van der Waals surface area contributed by atoms with Crippen molar-refractivity contribution in [3.63, 3.8) is 0 Å². The van der Waals surface area contributed by atoms with Gasteiger partial charge >= 0.3 is 6.03 Å². The van der Waals surface area contributed by atoms with Gasteiger partial charge in [-0.25, -0.2) is 9.18 Å². The van der Waals surface area contributed by atoms with Gasteiger partial charge in [0.25, 0.3) is 5.91 Å². The molecule has 8 heteroatoms. The lowest BCUT2D eigenvalue weighted by Crippen LogP contribution is -2.43. The third-order valence-corrected chi connectivity index (χ3v) is 4.60. The van der Waals surface area contributed by atoms with Gasteiger partial charge in [-0.15, -0.1) is 0 Å². The molecule has 1 aromatic heterocycles. The number of imide groups is 1. The largest absolute Gasteiger partial charge is 0.337 e. The van der Waals surface area contributed by atoms with Crippen LogP contribution in [0.5, 0.6) is 0 Å². The Morgan fingerprint density at radius 2 is 1.96 bits per heavy atom. The summed E-state index contributed by atoms with van der Waals surface area (Å²) in [5, 5.41) is 6.61. The van der Waals surface area contributed by atoms with Crippen molar-refractivity contribution >= 4 is 11.9 Å². The quantitative estimate of drug-likeness (QED) is 0.767. The summed E-state index contributed by atoms with van der Waals surface area (Å²) in [7, 11) is 0. The minimum atomic E-state index is -1.21. The third kappa shape index (κ3) is 3.18. The fourth-order valence-corrected chi connectivity index (χ4v) is 3.07. The number of carbonyl (C=O) groups is 2. The van der Waals surface area contributed by atoms with Crippen LogP contribution in [0.1, 0.15) is 50.4 Å². The number of amides is 3. The highest BCUT2D eigenvalue weighted by atomic mass is 19.1. The Bertz CT molecular complexity index is 805. The summed E-state index contributed by atoms with van der Waals surface area (Å²) in [5.41, 5.74) is -0.674. The van der Waals surface area contributed by atoms with E-state index in [1.807, 2.05) is 0 Å². The van der Waals surface area contributed by atoms with Gasteiger partial charge in [-0.05, 0) is 30.5 Å². The van der Waals surface area contributed by atoms with E-state index in [1.165, 1.54) is 24.3 Å². The molecule has 138 valence electrons. The average molecular weight is 360 g/mol. The van der Waals surface area contributed by atoms with Crippen molar-refractivity contribution in [2.75, 3.05) is 0 Å². The van der Waals surface area contributed by atoms with Crippen LogP contribution in [0.3, 0.4) is 0 Å². The zero-order valence-electron chi connectivity index (χ0n) is 14.8. The van der Waals surface area contributed by atoms with Crippen LogP contribution in [0.2, 0.25) is 0 Å². The fourth-order valence-electron chi connectivity index (χ4n) is 3.07. The van der Waals surface area contributed by atoms with E-state index in [9.17, 15) is 14.0 Å². The maximum Gasteiger partial charge on any atom is 0.325 e. The summed E-state index contributed by atoms with van der Waals surface area (Å²) in [5.74, 6) is -0.0381. The van der Waals surface area contributed by atoms with Gasteiger partial charge in [0.15, 0.2) is 5.82 Å². The van der Waals surface area contributed by atoms with E-state index in [4.69, 9.17) is 4.52 Å². The first-order valence-electron chi connectivity index (χ1n) is 8.71. The van der Waals surface area contributed by atoms with Crippen LogP contribution in [0.15, 0.2) is 28.8 Å². The minimum Gasteiger partial charge on any atom is -0.337 e. The predicted molar refractivity (Wildman–Crippen MR) is 90.4 cm³/mol. The Labute approximate surface area is 150 Å². The second-order valence-corrected chi connectivity index (χ2v) is 6.30. The third-order valence-electron chi connectivity index (χ3n) is 4.60. The molecule has 1 aliphatic rings. The van der Waals surface area contributed by atoms with Crippen LogP contribution in [-0.2, 0) is 23.3 Å². The normalized spacial score (nSPS) is 19.9. The molecule has 0 radical (unpaired) electrons. The van der Waals surface area contributed by atoms with Gasteiger partial charge in [-0.2, -0.15) is 4.98 Å². The second-order valence-electron chi connectivity index (χ2n) is 6.30. The Kier molecular flexibility index (Phi) is 5.01. The minimum absolute atomic E-state index is 0.0905. The smallest absolute Gasteiger partial charge is 0.325 e. The monoisotopic (exact) mass is 360 g/mol. The van der Waals surface area contributed by atoms with E-state index in [-0.39, 0.29) is 12.4 Å². The number of nitrogens with one attached hydrogen (secondary N) is 1. The molecule has 3 amide bonds. The molecule has 1 saturated heterocycles. The van der Waals surface area contributed by atoms with E-state index in [2.05, 4.69) is 22.4 Å². The lowest BCUT2D eigenvalue weighted by Gasteiger charge is -2.25. The number of benzene rings is 1. The second kappa shape index (κ2) is 7.23. The number of unbranched alkanes of at least 4 members (excludes halogenated alkanes) is 1. The van der Waals surface area contributed by atoms with E-state index >= 15 is 0 Å². The summed E-state index contributed by atoms with van der Waals surface area (Å²) in [4.78, 5) is 30.7. The molecule has 1 aliphatic heterocycles. The molecule has 0 saturated carbocycles. The summed E-state index contributed by atoms with van der Waals surface area (Å²) in [6.45, 7) is 3.77. The first-order valence-corrected chi connectivity index (χ1v) is 8.71. The van der Waals surface area contributed by atoms with Crippen molar-refractivity contribution in [1.29, 1.82) is 0 Å². The standard InChI is InChI=1S/C18H21FN4O3/c1-3-5-6-14-20-15(26-22-14)11-23-16(24)18(4-2,21-17(23)25)12-7-9-13(19)10-8-12/h7-10H,3-6,11H2,1-2H3,(H,21,25). The molecule has 0 spiro atoms. The molecule has 1 aromatic carbocycles. The van der Waals surface area contributed by atoms with E-state index in [1.54, 1.807) is 6.92 Å². The Hall–Kier alpha value is -2.77. The van der Waals surface area contributed by atoms with Crippen molar-refractivity contribution in [2.24, 2.45) is 0 Å². The molecule has 2 heterocycles. The summed E-state index contributed by atoms with van der Waals surface area (Å²) in [6, 6.07) is 5.03. The van der Waals surface area contributed by atoms with Crippen LogP contribution in [0.25, 0.3) is 0 Å². The molecule has 7 nitrogen and oxygen atoms in total. The van der Waals surface area contributed by atoms with Gasteiger partial charge in [0.1, 0.15) is 17.9 Å². The van der Waals surface area contributed by atoms with Crippen LogP contribution in [0.4, 0.5) is 9.18 Å². The number of aromatic nitrogens is 2. The van der Waals surface area contributed by atoms with Crippen LogP contribution in [0, 0.1) is 5.82 Å². The van der Waals surface area contributed by atoms with Crippen molar-refractivity contribution in [3.8, 4) is 0 Å². The highest BCUT2D eigenvalue weighted by Crippen LogP contribution is 2.33. The van der Waals surface area contributed by atoms with Gasteiger partial charge in [-0.1, -0.05) is 37.6 Å². The lowest BCUT2D eigenvalue weighted by molar-refractivity contribution is -0.132. The topological polar surface area (TPSA) is 88.3 Å². The van der Waals surface area contributed by atoms with E-state index in [0.29, 0.717) is 24.2 Å². The van der Waals surface area contributed by atoms with Gasteiger partial charge in [0, 0.05) is 6.42 Å². The Morgan fingerprint density at radius 1 is 1.23 bits per heavy atom. The molecule has 2 aromatic rings. The number of aryl methyl sites for hydroxylation is 1. The predicted octanol–water partition coefficient (Wildman–Crippen LogP) is 2.91. The number of urea groups is 1. The van der Waals surface area contributed by atoms with Crippen molar-refractivity contribution < 1.29 is 18.5 Å². The molecule has 1 unspecified atom stereocenters. The first kappa shape index (κ1) is 18.0. The SMILES string of the molecule is CCCCc1noc(CN2C(=O)NC(CC)(c3ccc(F)cc3)C2=O)n1. The maximum atomic E-state index is 13.2. The van der Waals surface area contributed by atoms with Crippen LogP contribution < -0.4 is 5.32 Å². The van der Waals surface area contributed by atoms with Crippen molar-refractivity contribution in [3.05, 3.63) is 47.4 Å².